The maximum Gasteiger partial charge on any atom is 0.130 e. The first kappa shape index (κ1) is 25.2. The molecule has 6 aromatic carbocycles. The van der Waals surface area contributed by atoms with Crippen LogP contribution >= 0.6 is 7.92 Å². The molecule has 0 saturated carbocycles. The predicted molar refractivity (Wildman–Crippen MR) is 174 cm³/mol. The first-order chi connectivity index (χ1) is 20.4. The molecule has 0 aliphatic rings. The summed E-state index contributed by atoms with van der Waals surface area (Å²) in [6.45, 7) is 0.401. The van der Waals surface area contributed by atoms with Gasteiger partial charge in [0.25, 0.3) is 0 Å². The largest absolute Gasteiger partial charge is 0.487 e. The van der Waals surface area contributed by atoms with Crippen LogP contribution in [0.15, 0.2) is 158 Å². The fraction of sp³-hybridized carbons (Fsp3) is 0.0263. The molecule has 1 aromatic heterocycles. The van der Waals surface area contributed by atoms with Crippen molar-refractivity contribution in [3.05, 3.63) is 164 Å². The highest BCUT2D eigenvalue weighted by Gasteiger charge is 2.25. The van der Waals surface area contributed by atoms with Crippen LogP contribution in [0.5, 0.6) is 5.75 Å². The van der Waals surface area contributed by atoms with Gasteiger partial charge in [-0.05, 0) is 63.6 Å². The maximum atomic E-state index is 6.63. The van der Waals surface area contributed by atoms with Gasteiger partial charge in [0.15, 0.2) is 0 Å². The third kappa shape index (κ3) is 4.99. The Morgan fingerprint density at radius 2 is 1.05 bits per heavy atom. The summed E-state index contributed by atoms with van der Waals surface area (Å²) >= 11 is 0. The molecule has 3 heteroatoms. The summed E-state index contributed by atoms with van der Waals surface area (Å²) in [5.41, 5.74) is 3.26. The first-order valence-electron chi connectivity index (χ1n) is 13.8. The topological polar surface area (TPSA) is 22.1 Å². The predicted octanol–water partition coefficient (Wildman–Crippen LogP) is 8.39. The molecule has 41 heavy (non-hydrogen) atoms. The molecule has 0 aliphatic heterocycles. The molecule has 0 N–H and O–H groups in total. The van der Waals surface area contributed by atoms with Crippen LogP contribution in [0.3, 0.4) is 0 Å². The Hall–Kier alpha value is -4.78. The number of benzene rings is 6. The zero-order valence-corrected chi connectivity index (χ0v) is 23.4. The molecular formula is C38H28NOP. The molecule has 7 aromatic rings. The van der Waals surface area contributed by atoms with Crippen molar-refractivity contribution in [3.63, 3.8) is 0 Å². The van der Waals surface area contributed by atoms with Crippen molar-refractivity contribution < 1.29 is 4.74 Å². The molecule has 7 rings (SSSR count). The summed E-state index contributed by atoms with van der Waals surface area (Å²) in [6.07, 6.45) is 1.82. The van der Waals surface area contributed by atoms with E-state index in [1.54, 1.807) is 0 Å². The molecule has 0 bridgehead atoms. The number of hydrogen-bond donors (Lipinski definition) is 0. The van der Waals surface area contributed by atoms with Crippen molar-refractivity contribution in [2.75, 3.05) is 0 Å². The van der Waals surface area contributed by atoms with E-state index >= 15 is 0 Å². The number of fused-ring (bicyclic) bond motifs is 2. The zero-order chi connectivity index (χ0) is 27.4. The van der Waals surface area contributed by atoms with Crippen molar-refractivity contribution >= 4 is 45.4 Å². The quantitative estimate of drug-likeness (QED) is 0.188. The van der Waals surface area contributed by atoms with E-state index in [1.807, 2.05) is 24.4 Å². The number of nitrogens with zero attached hydrogens (tertiary/aromatic N) is 1. The molecule has 1 heterocycles. The summed E-state index contributed by atoms with van der Waals surface area (Å²) in [7, 11) is -0.852. The number of aromatic nitrogens is 1. The van der Waals surface area contributed by atoms with Crippen molar-refractivity contribution in [3.8, 4) is 16.9 Å². The molecule has 0 fully saturated rings. The first-order valence-corrected chi connectivity index (χ1v) is 15.2. The zero-order valence-electron chi connectivity index (χ0n) is 22.5. The van der Waals surface area contributed by atoms with E-state index in [9.17, 15) is 0 Å². The summed E-state index contributed by atoms with van der Waals surface area (Å²) in [5.74, 6) is 0.864. The van der Waals surface area contributed by atoms with Gasteiger partial charge in [-0.1, -0.05) is 133 Å². The van der Waals surface area contributed by atoms with E-state index in [4.69, 9.17) is 4.74 Å². The highest BCUT2D eigenvalue weighted by Crippen LogP contribution is 2.45. The molecule has 0 spiro atoms. The van der Waals surface area contributed by atoms with Crippen LogP contribution in [0.1, 0.15) is 5.69 Å². The number of ether oxygens (including phenoxy) is 1. The minimum atomic E-state index is -0.852. The number of rotatable bonds is 7. The van der Waals surface area contributed by atoms with Gasteiger partial charge in [-0.25, -0.2) is 0 Å². The molecule has 0 atom stereocenters. The van der Waals surface area contributed by atoms with Crippen molar-refractivity contribution in [2.24, 2.45) is 0 Å². The second-order valence-corrected chi connectivity index (χ2v) is 12.1. The van der Waals surface area contributed by atoms with Crippen molar-refractivity contribution in [1.29, 1.82) is 0 Å². The Kier molecular flexibility index (Phi) is 6.99. The fourth-order valence-corrected chi connectivity index (χ4v) is 8.03. The van der Waals surface area contributed by atoms with Gasteiger partial charge in [-0.3, -0.25) is 4.98 Å². The Morgan fingerprint density at radius 1 is 0.488 bits per heavy atom. The van der Waals surface area contributed by atoms with E-state index in [2.05, 4.69) is 138 Å². The average Bonchev–Trinajstić information content (AvgIpc) is 3.05. The summed E-state index contributed by atoms with van der Waals surface area (Å²) < 4.78 is 6.63. The molecule has 2 nitrogen and oxygen atoms in total. The third-order valence-electron chi connectivity index (χ3n) is 7.42. The van der Waals surface area contributed by atoms with Crippen LogP contribution < -0.4 is 20.7 Å². The van der Waals surface area contributed by atoms with E-state index in [0.717, 1.165) is 17.0 Å². The summed E-state index contributed by atoms with van der Waals surface area (Å²) in [5, 5.41) is 8.77. The van der Waals surface area contributed by atoms with Crippen molar-refractivity contribution in [1.82, 2.24) is 4.98 Å². The lowest BCUT2D eigenvalue weighted by Crippen LogP contribution is -2.22. The van der Waals surface area contributed by atoms with E-state index in [-0.39, 0.29) is 0 Å². The second-order valence-electron chi connectivity index (χ2n) is 9.96. The lowest BCUT2D eigenvalue weighted by atomic mass is 9.93. The highest BCUT2D eigenvalue weighted by molar-refractivity contribution is 7.80. The summed E-state index contributed by atoms with van der Waals surface area (Å²) in [4.78, 5) is 4.51. The van der Waals surface area contributed by atoms with Crippen LogP contribution in [0.2, 0.25) is 0 Å². The minimum absolute atomic E-state index is 0.401. The van der Waals surface area contributed by atoms with Gasteiger partial charge < -0.3 is 4.74 Å². The molecule has 0 aliphatic carbocycles. The SMILES string of the molecule is c1ccc(P(c2ccccc2)c2ccc3ccccc3c2-c2c(OCc3ccccn3)ccc3ccccc23)cc1. The molecule has 0 amide bonds. The van der Waals surface area contributed by atoms with Gasteiger partial charge in [0, 0.05) is 17.3 Å². The third-order valence-corrected chi connectivity index (χ3v) is 9.90. The van der Waals surface area contributed by atoms with Gasteiger partial charge in [0.05, 0.1) is 5.69 Å². The Morgan fingerprint density at radius 3 is 1.68 bits per heavy atom. The standard InChI is InChI=1S/C38H28NOP/c1-3-16-31(17-4-1)41(32-18-5-2-6-19-32)36-25-23-29-14-8-10-21-34(29)38(36)37-33-20-9-7-13-28(33)22-24-35(37)40-27-30-15-11-12-26-39-30/h1-26H,27H2. The Labute approximate surface area is 241 Å². The lowest BCUT2D eigenvalue weighted by molar-refractivity contribution is 0.303. The monoisotopic (exact) mass is 545 g/mol. The van der Waals surface area contributed by atoms with Gasteiger partial charge in [0.1, 0.15) is 12.4 Å². The molecule has 0 saturated heterocycles. The van der Waals surface area contributed by atoms with E-state index in [1.165, 1.54) is 43.0 Å². The van der Waals surface area contributed by atoms with Crippen LogP contribution in [-0.4, -0.2) is 4.98 Å². The number of hydrogen-bond acceptors (Lipinski definition) is 2. The fourth-order valence-electron chi connectivity index (χ4n) is 5.56. The van der Waals surface area contributed by atoms with Crippen LogP contribution in [0, 0.1) is 0 Å². The Balaban J connectivity index is 1.54. The molecule has 0 radical (unpaired) electrons. The van der Waals surface area contributed by atoms with Crippen LogP contribution in [0.25, 0.3) is 32.7 Å². The van der Waals surface area contributed by atoms with Gasteiger partial charge in [0.2, 0.25) is 0 Å². The number of pyridine rings is 1. The smallest absolute Gasteiger partial charge is 0.130 e. The molecular weight excluding hydrogens is 517 g/mol. The lowest BCUT2D eigenvalue weighted by Gasteiger charge is -2.25. The van der Waals surface area contributed by atoms with Gasteiger partial charge >= 0.3 is 0 Å². The van der Waals surface area contributed by atoms with Crippen LogP contribution in [-0.2, 0) is 6.61 Å². The Bertz CT molecular complexity index is 1900. The molecule has 196 valence electrons. The van der Waals surface area contributed by atoms with Gasteiger partial charge in [-0.15, -0.1) is 0 Å². The van der Waals surface area contributed by atoms with E-state index in [0.29, 0.717) is 6.61 Å². The van der Waals surface area contributed by atoms with Crippen molar-refractivity contribution in [2.45, 2.75) is 6.61 Å². The highest BCUT2D eigenvalue weighted by atomic mass is 31.1. The molecule has 0 unspecified atom stereocenters. The van der Waals surface area contributed by atoms with Gasteiger partial charge in [-0.2, -0.15) is 0 Å². The minimum Gasteiger partial charge on any atom is -0.487 e. The van der Waals surface area contributed by atoms with Crippen LogP contribution in [0.4, 0.5) is 0 Å². The normalized spacial score (nSPS) is 11.2. The second kappa shape index (κ2) is 11.4. The van der Waals surface area contributed by atoms with E-state index < -0.39 is 7.92 Å². The maximum absolute atomic E-state index is 6.63. The summed E-state index contributed by atoms with van der Waals surface area (Å²) in [6, 6.07) is 54.0. The average molecular weight is 546 g/mol.